The summed E-state index contributed by atoms with van der Waals surface area (Å²) in [5.41, 5.74) is 0. The van der Waals surface area contributed by atoms with Crippen molar-refractivity contribution in [1.29, 1.82) is 5.26 Å². The highest BCUT2D eigenvalue weighted by Crippen LogP contribution is 2.23. The number of piperidine rings is 1. The van der Waals surface area contributed by atoms with E-state index < -0.39 is 0 Å². The van der Waals surface area contributed by atoms with E-state index in [-0.39, 0.29) is 30.4 Å². The van der Waals surface area contributed by atoms with E-state index in [2.05, 4.69) is 37.2 Å². The smallest absolute Gasteiger partial charge is 0.240 e. The topological polar surface area (TPSA) is 119 Å². The lowest BCUT2D eigenvalue weighted by molar-refractivity contribution is -0.132. The first kappa shape index (κ1) is 21.5. The summed E-state index contributed by atoms with van der Waals surface area (Å²) in [6, 6.07) is 1.90. The van der Waals surface area contributed by atoms with Crippen molar-refractivity contribution in [2.75, 3.05) is 43.1 Å². The summed E-state index contributed by atoms with van der Waals surface area (Å²) in [5, 5.41) is 14.1. The van der Waals surface area contributed by atoms with E-state index in [0.29, 0.717) is 23.3 Å². The zero-order chi connectivity index (χ0) is 20.1. The first-order chi connectivity index (χ1) is 13.5. The highest BCUT2D eigenvalue weighted by Gasteiger charge is 2.31. The molecule has 152 valence electrons. The summed E-state index contributed by atoms with van der Waals surface area (Å²) in [6.07, 6.45) is 3.23. The van der Waals surface area contributed by atoms with E-state index in [9.17, 15) is 9.59 Å². The van der Waals surface area contributed by atoms with Gasteiger partial charge in [0.2, 0.25) is 11.8 Å². The Morgan fingerprint density at radius 1 is 1.46 bits per heavy atom. The van der Waals surface area contributed by atoms with Crippen LogP contribution >= 0.6 is 39.0 Å². The molecule has 0 saturated carbocycles. The monoisotopic (exact) mass is 487 g/mol. The number of anilines is 1. The number of thiazole rings is 1. The molecule has 3 N–H and O–H groups in total. The van der Waals surface area contributed by atoms with Crippen molar-refractivity contribution in [1.82, 2.24) is 19.8 Å². The van der Waals surface area contributed by atoms with Crippen LogP contribution in [0.3, 0.4) is 0 Å². The molecule has 0 aromatic carbocycles. The van der Waals surface area contributed by atoms with Crippen LogP contribution in [0.4, 0.5) is 5.13 Å². The van der Waals surface area contributed by atoms with Crippen LogP contribution < -0.4 is 11.2 Å². The van der Waals surface area contributed by atoms with Gasteiger partial charge in [-0.1, -0.05) is 11.3 Å². The molecular formula is C16H22BrN7O2S2. The Morgan fingerprint density at radius 2 is 2.21 bits per heavy atom. The molecule has 2 amide bonds. The maximum Gasteiger partial charge on any atom is 0.240 e. The lowest BCUT2D eigenvalue weighted by Crippen LogP contribution is -2.53. The third-order valence-corrected chi connectivity index (χ3v) is 7.19. The van der Waals surface area contributed by atoms with Crippen molar-refractivity contribution in [3.05, 3.63) is 9.98 Å². The minimum absolute atomic E-state index is 0.0887. The molecule has 2 aliphatic rings. The standard InChI is InChI=1S/C16H22BrN7O2S2/c17-13-6-20-16(28-13)21-14(25)7-22-3-1-11(2-4-22)24(19)8-15(26)23-10-27-9-12(23)5-18/h6,11-12H,1-4,7-10,19H2,(H,20,21,25)/t12-/m1/s1. The van der Waals surface area contributed by atoms with Gasteiger partial charge >= 0.3 is 0 Å². The van der Waals surface area contributed by atoms with Gasteiger partial charge in [-0.15, -0.1) is 11.8 Å². The maximum atomic E-state index is 12.4. The molecule has 3 heterocycles. The van der Waals surface area contributed by atoms with Gasteiger partial charge in [-0.25, -0.2) is 9.99 Å². The van der Waals surface area contributed by atoms with Crippen LogP contribution in [0.25, 0.3) is 0 Å². The average molecular weight is 488 g/mol. The first-order valence-corrected chi connectivity index (χ1v) is 11.6. The maximum absolute atomic E-state index is 12.4. The Kier molecular flexibility index (Phi) is 7.67. The summed E-state index contributed by atoms with van der Waals surface area (Å²) in [5.74, 6) is 7.16. The molecule has 0 bridgehead atoms. The quantitative estimate of drug-likeness (QED) is 0.448. The number of aromatic nitrogens is 1. The molecule has 0 aliphatic carbocycles. The van der Waals surface area contributed by atoms with Crippen molar-refractivity contribution in [3.63, 3.8) is 0 Å². The lowest BCUT2D eigenvalue weighted by Gasteiger charge is -2.36. The number of carbonyl (C=O) groups is 2. The number of hydrogen-bond acceptors (Lipinski definition) is 9. The highest BCUT2D eigenvalue weighted by atomic mass is 79.9. The van der Waals surface area contributed by atoms with E-state index >= 15 is 0 Å². The fraction of sp³-hybridized carbons (Fsp3) is 0.625. The van der Waals surface area contributed by atoms with Crippen LogP contribution in [0, 0.1) is 11.3 Å². The Bertz CT molecular complexity index is 748. The number of halogens is 1. The Labute approximate surface area is 180 Å². The van der Waals surface area contributed by atoms with Crippen LogP contribution in [0.15, 0.2) is 9.98 Å². The third-order valence-electron chi connectivity index (χ3n) is 4.79. The second-order valence-corrected chi connectivity index (χ2v) is 10.1. The van der Waals surface area contributed by atoms with Crippen molar-refractivity contribution >= 4 is 56.0 Å². The van der Waals surface area contributed by atoms with Crippen molar-refractivity contribution < 1.29 is 9.59 Å². The average Bonchev–Trinajstić information content (AvgIpc) is 3.30. The number of likely N-dealkylation sites (tertiary alicyclic amines) is 1. The van der Waals surface area contributed by atoms with Crippen molar-refractivity contribution in [2.24, 2.45) is 5.84 Å². The van der Waals surface area contributed by atoms with Gasteiger partial charge in [-0.2, -0.15) is 5.26 Å². The fourth-order valence-electron chi connectivity index (χ4n) is 3.25. The Morgan fingerprint density at radius 3 is 2.86 bits per heavy atom. The normalized spacial score (nSPS) is 21.1. The number of nitriles is 1. The van der Waals surface area contributed by atoms with Crippen molar-refractivity contribution in [2.45, 2.75) is 24.9 Å². The number of nitrogens with zero attached hydrogens (tertiary/aromatic N) is 5. The molecule has 2 fully saturated rings. The number of nitrogens with one attached hydrogen (secondary N) is 1. The Hall–Kier alpha value is -1.23. The predicted octanol–water partition coefficient (Wildman–Crippen LogP) is 0.909. The molecule has 0 spiro atoms. The largest absolute Gasteiger partial charge is 0.315 e. The number of carbonyl (C=O) groups excluding carboxylic acids is 2. The second-order valence-electron chi connectivity index (χ2n) is 6.71. The molecule has 0 radical (unpaired) electrons. The molecule has 12 heteroatoms. The zero-order valence-corrected chi connectivity index (χ0v) is 18.4. The van der Waals surface area contributed by atoms with Gasteiger partial charge in [0.05, 0.1) is 35.0 Å². The molecule has 1 aromatic heterocycles. The molecule has 28 heavy (non-hydrogen) atoms. The van der Waals surface area contributed by atoms with Crippen LogP contribution in [0.2, 0.25) is 0 Å². The van der Waals surface area contributed by atoms with Gasteiger partial charge in [0.15, 0.2) is 5.13 Å². The molecule has 3 rings (SSSR count). The van der Waals surface area contributed by atoms with E-state index in [0.717, 1.165) is 29.7 Å². The summed E-state index contributed by atoms with van der Waals surface area (Å²) in [4.78, 5) is 32.3. The predicted molar refractivity (Wildman–Crippen MR) is 112 cm³/mol. The van der Waals surface area contributed by atoms with Gasteiger partial charge in [-0.3, -0.25) is 20.3 Å². The molecule has 2 saturated heterocycles. The first-order valence-electron chi connectivity index (χ1n) is 8.88. The van der Waals surface area contributed by atoms with E-state index in [1.807, 2.05) is 0 Å². The minimum Gasteiger partial charge on any atom is -0.315 e. The summed E-state index contributed by atoms with van der Waals surface area (Å²) in [6.45, 7) is 1.90. The second kappa shape index (κ2) is 10.00. The van der Waals surface area contributed by atoms with Gasteiger partial charge in [0.1, 0.15) is 6.04 Å². The van der Waals surface area contributed by atoms with E-state index in [1.54, 1.807) is 27.9 Å². The molecular weight excluding hydrogens is 466 g/mol. The number of amides is 2. The van der Waals surface area contributed by atoms with Gasteiger partial charge in [-0.05, 0) is 28.8 Å². The van der Waals surface area contributed by atoms with Crippen LogP contribution in [-0.4, -0.2) is 81.5 Å². The van der Waals surface area contributed by atoms with Gasteiger partial charge < -0.3 is 10.2 Å². The molecule has 1 aromatic rings. The molecule has 1 atom stereocenters. The lowest BCUT2D eigenvalue weighted by atomic mass is 10.0. The third kappa shape index (κ3) is 5.65. The van der Waals surface area contributed by atoms with Crippen LogP contribution in [-0.2, 0) is 9.59 Å². The number of nitrogens with two attached hydrogens (primary N) is 1. The summed E-state index contributed by atoms with van der Waals surface area (Å²) < 4.78 is 0.870. The molecule has 2 aliphatic heterocycles. The molecule has 0 unspecified atom stereocenters. The summed E-state index contributed by atoms with van der Waals surface area (Å²) >= 11 is 6.28. The zero-order valence-electron chi connectivity index (χ0n) is 15.2. The number of rotatable bonds is 6. The SMILES string of the molecule is N#C[C@@H]1CSCN1C(=O)CN(N)C1CCN(CC(=O)Nc2ncc(Br)s2)CC1. The van der Waals surface area contributed by atoms with Crippen LogP contribution in [0.1, 0.15) is 12.8 Å². The fourth-order valence-corrected chi connectivity index (χ4v) is 5.48. The highest BCUT2D eigenvalue weighted by molar-refractivity contribution is 9.11. The van der Waals surface area contributed by atoms with E-state index in [4.69, 9.17) is 11.1 Å². The molecule has 9 nitrogen and oxygen atoms in total. The van der Waals surface area contributed by atoms with Gasteiger partial charge in [0.25, 0.3) is 0 Å². The Balaban J connectivity index is 1.40. The number of thioether (sulfide) groups is 1. The van der Waals surface area contributed by atoms with Crippen molar-refractivity contribution in [3.8, 4) is 6.07 Å². The minimum atomic E-state index is -0.357. The van der Waals surface area contributed by atoms with Crippen LogP contribution in [0.5, 0.6) is 0 Å². The number of hydrogen-bond donors (Lipinski definition) is 2. The number of hydrazine groups is 1. The van der Waals surface area contributed by atoms with Gasteiger partial charge in [0, 0.05) is 24.9 Å². The summed E-state index contributed by atoms with van der Waals surface area (Å²) in [7, 11) is 0. The van der Waals surface area contributed by atoms with E-state index in [1.165, 1.54) is 11.3 Å².